The third-order valence-corrected chi connectivity index (χ3v) is 4.48. The van der Waals surface area contributed by atoms with Gasteiger partial charge in [-0.2, -0.15) is 0 Å². The summed E-state index contributed by atoms with van der Waals surface area (Å²) in [5.74, 6) is 0.619. The molecular weight excluding hydrogens is 354 g/mol. The SMILES string of the molecule is COc1cccc(C(CNC(=O)CCNC(=O)Cc2ccccc2)N(C)C)c1. The molecule has 0 heterocycles. The van der Waals surface area contributed by atoms with E-state index in [1.807, 2.05) is 68.7 Å². The number of nitrogens with zero attached hydrogens (tertiary/aromatic N) is 1. The second-order valence-electron chi connectivity index (χ2n) is 6.82. The summed E-state index contributed by atoms with van der Waals surface area (Å²) >= 11 is 0. The molecule has 0 radical (unpaired) electrons. The standard InChI is InChI=1S/C22H29N3O3/c1-25(2)20(18-10-7-11-19(15-18)28-3)16-24-21(26)12-13-23-22(27)14-17-8-5-4-6-9-17/h4-11,15,20H,12-14,16H2,1-3H3,(H,23,27)(H,24,26). The van der Waals surface area contributed by atoms with Crippen LogP contribution >= 0.6 is 0 Å². The van der Waals surface area contributed by atoms with Gasteiger partial charge in [-0.3, -0.25) is 9.59 Å². The highest BCUT2D eigenvalue weighted by atomic mass is 16.5. The third kappa shape index (κ3) is 7.04. The molecule has 2 N–H and O–H groups in total. The number of hydrogen-bond donors (Lipinski definition) is 2. The van der Waals surface area contributed by atoms with E-state index in [1.165, 1.54) is 0 Å². The van der Waals surface area contributed by atoms with Gasteiger partial charge in [-0.05, 0) is 37.4 Å². The summed E-state index contributed by atoms with van der Waals surface area (Å²) in [6.45, 7) is 0.806. The van der Waals surface area contributed by atoms with E-state index < -0.39 is 0 Å². The topological polar surface area (TPSA) is 70.7 Å². The Morgan fingerprint density at radius 2 is 1.75 bits per heavy atom. The Hall–Kier alpha value is -2.86. The van der Waals surface area contributed by atoms with Gasteiger partial charge in [-0.25, -0.2) is 0 Å². The van der Waals surface area contributed by atoms with Gasteiger partial charge in [0.1, 0.15) is 5.75 Å². The van der Waals surface area contributed by atoms with E-state index in [-0.39, 0.29) is 24.3 Å². The predicted octanol–water partition coefficient (Wildman–Crippen LogP) is 2.16. The average Bonchev–Trinajstić information content (AvgIpc) is 2.69. The summed E-state index contributed by atoms with van der Waals surface area (Å²) in [7, 11) is 5.58. The Labute approximate surface area is 166 Å². The molecule has 0 aliphatic heterocycles. The molecule has 2 rings (SSSR count). The van der Waals surface area contributed by atoms with Gasteiger partial charge >= 0.3 is 0 Å². The average molecular weight is 383 g/mol. The lowest BCUT2D eigenvalue weighted by molar-refractivity contribution is -0.122. The molecule has 1 atom stereocenters. The number of carbonyl (C=O) groups excluding carboxylic acids is 2. The van der Waals surface area contributed by atoms with E-state index in [1.54, 1.807) is 7.11 Å². The highest BCUT2D eigenvalue weighted by molar-refractivity contribution is 5.80. The molecule has 2 aromatic carbocycles. The molecule has 2 amide bonds. The first-order chi connectivity index (χ1) is 13.5. The zero-order valence-corrected chi connectivity index (χ0v) is 16.8. The molecule has 0 saturated carbocycles. The van der Waals surface area contributed by atoms with E-state index in [0.29, 0.717) is 19.5 Å². The van der Waals surface area contributed by atoms with Crippen LogP contribution in [0.25, 0.3) is 0 Å². The highest BCUT2D eigenvalue weighted by Gasteiger charge is 2.16. The van der Waals surface area contributed by atoms with Crippen molar-refractivity contribution in [2.24, 2.45) is 0 Å². The molecule has 0 aliphatic rings. The van der Waals surface area contributed by atoms with Crippen molar-refractivity contribution in [2.45, 2.75) is 18.9 Å². The molecule has 0 saturated heterocycles. The normalized spacial score (nSPS) is 11.7. The quantitative estimate of drug-likeness (QED) is 0.660. The van der Waals surface area contributed by atoms with Gasteiger partial charge in [0.25, 0.3) is 0 Å². The fraction of sp³-hybridized carbons (Fsp3) is 0.364. The van der Waals surface area contributed by atoms with Crippen molar-refractivity contribution in [3.8, 4) is 5.75 Å². The predicted molar refractivity (Wildman–Crippen MR) is 110 cm³/mol. The molecule has 0 spiro atoms. The lowest BCUT2D eigenvalue weighted by Crippen LogP contribution is -2.36. The molecule has 2 aromatic rings. The first-order valence-electron chi connectivity index (χ1n) is 9.37. The molecule has 6 heteroatoms. The van der Waals surface area contributed by atoms with Crippen LogP contribution in [-0.2, 0) is 16.0 Å². The minimum absolute atomic E-state index is 0.0340. The van der Waals surface area contributed by atoms with Crippen LogP contribution in [0.2, 0.25) is 0 Å². The molecule has 0 bridgehead atoms. The minimum Gasteiger partial charge on any atom is -0.497 e. The fourth-order valence-electron chi connectivity index (χ4n) is 2.91. The van der Waals surface area contributed by atoms with Crippen LogP contribution in [-0.4, -0.2) is 51.0 Å². The van der Waals surface area contributed by atoms with Crippen LogP contribution in [0.5, 0.6) is 5.75 Å². The van der Waals surface area contributed by atoms with E-state index in [2.05, 4.69) is 15.5 Å². The molecule has 6 nitrogen and oxygen atoms in total. The van der Waals surface area contributed by atoms with Crippen molar-refractivity contribution >= 4 is 11.8 Å². The van der Waals surface area contributed by atoms with Gasteiger partial charge in [0, 0.05) is 19.5 Å². The van der Waals surface area contributed by atoms with Gasteiger partial charge in [0.05, 0.1) is 19.6 Å². The molecular formula is C22H29N3O3. The molecule has 1 unspecified atom stereocenters. The monoisotopic (exact) mass is 383 g/mol. The summed E-state index contributed by atoms with van der Waals surface area (Å²) in [5.41, 5.74) is 2.03. The summed E-state index contributed by atoms with van der Waals surface area (Å²) in [4.78, 5) is 26.1. The third-order valence-electron chi connectivity index (χ3n) is 4.48. The van der Waals surface area contributed by atoms with Gasteiger partial charge in [-0.1, -0.05) is 42.5 Å². The van der Waals surface area contributed by atoms with Crippen molar-refractivity contribution in [1.82, 2.24) is 15.5 Å². The number of nitrogens with one attached hydrogen (secondary N) is 2. The van der Waals surface area contributed by atoms with Gasteiger partial charge < -0.3 is 20.3 Å². The molecule has 0 aromatic heterocycles. The Morgan fingerprint density at radius 3 is 2.43 bits per heavy atom. The smallest absolute Gasteiger partial charge is 0.224 e. The van der Waals surface area contributed by atoms with E-state index >= 15 is 0 Å². The summed E-state index contributed by atoms with van der Waals surface area (Å²) in [6.07, 6.45) is 0.569. The largest absolute Gasteiger partial charge is 0.497 e. The number of benzene rings is 2. The maximum atomic E-state index is 12.2. The van der Waals surface area contributed by atoms with Gasteiger partial charge in [-0.15, -0.1) is 0 Å². The number of rotatable bonds is 10. The number of ether oxygens (including phenoxy) is 1. The Kier molecular flexibility index (Phi) is 8.49. The van der Waals surface area contributed by atoms with E-state index in [0.717, 1.165) is 16.9 Å². The number of carbonyl (C=O) groups is 2. The second kappa shape index (κ2) is 11.1. The van der Waals surface area contributed by atoms with Gasteiger partial charge in [0.2, 0.25) is 11.8 Å². The minimum atomic E-state index is -0.0882. The van der Waals surface area contributed by atoms with Crippen LogP contribution in [0.15, 0.2) is 54.6 Å². The number of likely N-dealkylation sites (N-methyl/N-ethyl adjacent to an activating group) is 1. The van der Waals surface area contributed by atoms with Crippen LogP contribution in [0, 0.1) is 0 Å². The highest BCUT2D eigenvalue weighted by Crippen LogP contribution is 2.22. The Balaban J connectivity index is 1.76. The maximum absolute atomic E-state index is 12.2. The summed E-state index contributed by atoms with van der Waals surface area (Å²) in [6, 6.07) is 17.4. The van der Waals surface area contributed by atoms with Crippen molar-refractivity contribution in [2.75, 3.05) is 34.3 Å². The molecule has 28 heavy (non-hydrogen) atoms. The number of methoxy groups -OCH3 is 1. The fourth-order valence-corrected chi connectivity index (χ4v) is 2.91. The lowest BCUT2D eigenvalue weighted by Gasteiger charge is -2.25. The van der Waals surface area contributed by atoms with Crippen LogP contribution in [0.4, 0.5) is 0 Å². The van der Waals surface area contributed by atoms with Crippen LogP contribution < -0.4 is 15.4 Å². The molecule has 0 fully saturated rings. The Morgan fingerprint density at radius 1 is 1.00 bits per heavy atom. The van der Waals surface area contributed by atoms with Crippen molar-refractivity contribution < 1.29 is 14.3 Å². The van der Waals surface area contributed by atoms with Crippen molar-refractivity contribution in [1.29, 1.82) is 0 Å². The zero-order valence-electron chi connectivity index (χ0n) is 16.8. The Bertz CT molecular complexity index is 763. The maximum Gasteiger partial charge on any atom is 0.224 e. The number of amides is 2. The lowest BCUT2D eigenvalue weighted by atomic mass is 10.1. The molecule has 0 aliphatic carbocycles. The number of hydrogen-bond acceptors (Lipinski definition) is 4. The summed E-state index contributed by atoms with van der Waals surface area (Å²) < 4.78 is 5.28. The first-order valence-corrected chi connectivity index (χ1v) is 9.37. The van der Waals surface area contributed by atoms with Crippen LogP contribution in [0.1, 0.15) is 23.6 Å². The van der Waals surface area contributed by atoms with Gasteiger partial charge in [0.15, 0.2) is 0 Å². The van der Waals surface area contributed by atoms with E-state index in [4.69, 9.17) is 4.74 Å². The van der Waals surface area contributed by atoms with Crippen LogP contribution in [0.3, 0.4) is 0 Å². The van der Waals surface area contributed by atoms with E-state index in [9.17, 15) is 9.59 Å². The van der Waals surface area contributed by atoms with Crippen molar-refractivity contribution in [3.05, 3.63) is 65.7 Å². The molecule has 150 valence electrons. The summed E-state index contributed by atoms with van der Waals surface area (Å²) in [5, 5.41) is 5.74. The van der Waals surface area contributed by atoms with Crippen molar-refractivity contribution in [3.63, 3.8) is 0 Å². The zero-order chi connectivity index (χ0) is 20.4. The first kappa shape index (κ1) is 21.4. The second-order valence-corrected chi connectivity index (χ2v) is 6.82.